The van der Waals surface area contributed by atoms with Crippen molar-refractivity contribution in [1.29, 1.82) is 0 Å². The molecule has 0 bridgehead atoms. The molecule has 17 heavy (non-hydrogen) atoms. The Hall–Kier alpha value is -1.49. The highest BCUT2D eigenvalue weighted by atomic mass is 32.2. The zero-order valence-electron chi connectivity index (χ0n) is 10.2. The lowest BCUT2D eigenvalue weighted by atomic mass is 10.1. The molecule has 0 atom stereocenters. The molecule has 0 unspecified atom stereocenters. The average molecular weight is 252 g/mol. The second kappa shape index (κ2) is 6.30. The quantitative estimate of drug-likeness (QED) is 0.791. The molecule has 92 valence electrons. The number of likely N-dealkylation sites (N-methyl/N-ethyl adjacent to an activating group) is 1. The molecule has 0 saturated carbocycles. The van der Waals surface area contributed by atoms with Crippen LogP contribution in [0.5, 0.6) is 0 Å². The van der Waals surface area contributed by atoms with Crippen molar-refractivity contribution in [2.75, 3.05) is 19.8 Å². The first kappa shape index (κ1) is 13.6. The van der Waals surface area contributed by atoms with Crippen molar-refractivity contribution in [3.63, 3.8) is 0 Å². The van der Waals surface area contributed by atoms with Gasteiger partial charge in [-0.3, -0.25) is 9.59 Å². The summed E-state index contributed by atoms with van der Waals surface area (Å²) in [5.41, 5.74) is 1.51. The second-order valence-electron chi connectivity index (χ2n) is 3.54. The first-order valence-electron chi connectivity index (χ1n) is 5.22. The van der Waals surface area contributed by atoms with Gasteiger partial charge in [0.05, 0.1) is 6.54 Å². The lowest BCUT2D eigenvalue weighted by Crippen LogP contribution is -2.35. The SMILES string of the molecule is CNC(=O)CNC(=O)c1cc(SC)ccc1C. The molecule has 0 spiro atoms. The third kappa shape index (κ3) is 3.78. The molecule has 2 N–H and O–H groups in total. The van der Waals surface area contributed by atoms with E-state index < -0.39 is 0 Å². The molecular weight excluding hydrogens is 236 g/mol. The van der Waals surface area contributed by atoms with Crippen LogP contribution < -0.4 is 10.6 Å². The van der Waals surface area contributed by atoms with Gasteiger partial charge in [0.2, 0.25) is 5.91 Å². The number of aryl methyl sites for hydroxylation is 1. The number of hydrogen-bond donors (Lipinski definition) is 2. The Morgan fingerprint density at radius 1 is 1.35 bits per heavy atom. The van der Waals surface area contributed by atoms with Gasteiger partial charge in [-0.05, 0) is 30.9 Å². The third-order valence-corrected chi connectivity index (χ3v) is 3.10. The van der Waals surface area contributed by atoms with E-state index in [1.54, 1.807) is 11.8 Å². The molecule has 0 aliphatic carbocycles. The highest BCUT2D eigenvalue weighted by molar-refractivity contribution is 7.98. The van der Waals surface area contributed by atoms with E-state index in [1.807, 2.05) is 31.4 Å². The lowest BCUT2D eigenvalue weighted by Gasteiger charge is -2.08. The highest BCUT2D eigenvalue weighted by Crippen LogP contribution is 2.18. The van der Waals surface area contributed by atoms with E-state index in [9.17, 15) is 9.59 Å². The number of amides is 2. The second-order valence-corrected chi connectivity index (χ2v) is 4.42. The van der Waals surface area contributed by atoms with Crippen LogP contribution in [-0.2, 0) is 4.79 Å². The standard InChI is InChI=1S/C12H16N2O2S/c1-8-4-5-9(17-3)6-10(8)12(16)14-7-11(15)13-2/h4-6H,7H2,1-3H3,(H,13,15)(H,14,16). The van der Waals surface area contributed by atoms with Crippen molar-refractivity contribution >= 4 is 23.6 Å². The third-order valence-electron chi connectivity index (χ3n) is 2.38. The van der Waals surface area contributed by atoms with Gasteiger partial charge in [0, 0.05) is 17.5 Å². The zero-order chi connectivity index (χ0) is 12.8. The van der Waals surface area contributed by atoms with Gasteiger partial charge in [-0.1, -0.05) is 6.07 Å². The van der Waals surface area contributed by atoms with E-state index in [2.05, 4.69) is 10.6 Å². The largest absolute Gasteiger partial charge is 0.358 e. The fraction of sp³-hybridized carbons (Fsp3) is 0.333. The molecule has 0 fully saturated rings. The molecule has 0 radical (unpaired) electrons. The van der Waals surface area contributed by atoms with Crippen LogP contribution in [0, 0.1) is 6.92 Å². The minimum atomic E-state index is -0.220. The van der Waals surface area contributed by atoms with Crippen LogP contribution in [0.4, 0.5) is 0 Å². The Morgan fingerprint density at radius 3 is 2.65 bits per heavy atom. The molecule has 0 aromatic heterocycles. The number of carbonyl (C=O) groups is 2. The molecule has 5 heteroatoms. The summed E-state index contributed by atoms with van der Waals surface area (Å²) < 4.78 is 0. The van der Waals surface area contributed by atoms with Gasteiger partial charge < -0.3 is 10.6 Å². The molecule has 1 aromatic rings. The minimum absolute atomic E-state index is 0.00172. The van der Waals surface area contributed by atoms with E-state index >= 15 is 0 Å². The van der Waals surface area contributed by atoms with Crippen molar-refractivity contribution in [2.24, 2.45) is 0 Å². The molecule has 2 amide bonds. The fourth-order valence-electron chi connectivity index (χ4n) is 1.32. The van der Waals surface area contributed by atoms with Crippen molar-refractivity contribution < 1.29 is 9.59 Å². The van der Waals surface area contributed by atoms with E-state index in [0.29, 0.717) is 5.56 Å². The number of benzene rings is 1. The highest BCUT2D eigenvalue weighted by Gasteiger charge is 2.10. The first-order chi connectivity index (χ1) is 8.08. The Labute approximate surface area is 105 Å². The van der Waals surface area contributed by atoms with Gasteiger partial charge in [0.25, 0.3) is 5.91 Å². The summed E-state index contributed by atoms with van der Waals surface area (Å²) in [6.45, 7) is 1.87. The Morgan fingerprint density at radius 2 is 2.06 bits per heavy atom. The Kier molecular flexibility index (Phi) is 5.03. The van der Waals surface area contributed by atoms with E-state index in [1.165, 1.54) is 7.05 Å². The zero-order valence-corrected chi connectivity index (χ0v) is 11.0. The average Bonchev–Trinajstić information content (AvgIpc) is 2.36. The van der Waals surface area contributed by atoms with Gasteiger partial charge in [-0.25, -0.2) is 0 Å². The topological polar surface area (TPSA) is 58.2 Å². The minimum Gasteiger partial charge on any atom is -0.358 e. The van der Waals surface area contributed by atoms with Crippen LogP contribution in [0.2, 0.25) is 0 Å². The fourth-order valence-corrected chi connectivity index (χ4v) is 1.76. The summed E-state index contributed by atoms with van der Waals surface area (Å²) in [4.78, 5) is 23.9. The van der Waals surface area contributed by atoms with Crippen molar-refractivity contribution in [1.82, 2.24) is 10.6 Å². The Balaban J connectivity index is 2.77. The van der Waals surface area contributed by atoms with Crippen LogP contribution in [0.15, 0.2) is 23.1 Å². The number of hydrogen-bond acceptors (Lipinski definition) is 3. The smallest absolute Gasteiger partial charge is 0.252 e. The van der Waals surface area contributed by atoms with Crippen molar-refractivity contribution in [3.8, 4) is 0 Å². The van der Waals surface area contributed by atoms with Crippen LogP contribution in [0.3, 0.4) is 0 Å². The van der Waals surface area contributed by atoms with E-state index in [4.69, 9.17) is 0 Å². The summed E-state index contributed by atoms with van der Waals surface area (Å²) in [6.07, 6.45) is 1.96. The number of nitrogens with one attached hydrogen (secondary N) is 2. The molecule has 0 aliphatic rings. The molecular formula is C12H16N2O2S. The van der Waals surface area contributed by atoms with Crippen LogP contribution >= 0.6 is 11.8 Å². The Bertz CT molecular complexity index is 433. The first-order valence-corrected chi connectivity index (χ1v) is 6.44. The summed E-state index contributed by atoms with van der Waals surface area (Å²) in [7, 11) is 1.54. The van der Waals surface area contributed by atoms with Crippen LogP contribution in [0.25, 0.3) is 0 Å². The van der Waals surface area contributed by atoms with Crippen LogP contribution in [0.1, 0.15) is 15.9 Å². The van der Waals surface area contributed by atoms with Gasteiger partial charge in [-0.2, -0.15) is 0 Å². The molecule has 1 rings (SSSR count). The molecule has 0 saturated heterocycles. The van der Waals surface area contributed by atoms with Gasteiger partial charge in [0.1, 0.15) is 0 Å². The van der Waals surface area contributed by atoms with E-state index in [-0.39, 0.29) is 18.4 Å². The summed E-state index contributed by atoms with van der Waals surface area (Å²) in [6, 6.07) is 5.70. The maximum absolute atomic E-state index is 11.9. The monoisotopic (exact) mass is 252 g/mol. The molecule has 0 heterocycles. The predicted octanol–water partition coefficient (Wildman–Crippen LogP) is 1.19. The van der Waals surface area contributed by atoms with Crippen molar-refractivity contribution in [3.05, 3.63) is 29.3 Å². The van der Waals surface area contributed by atoms with Gasteiger partial charge in [-0.15, -0.1) is 11.8 Å². The molecule has 4 nitrogen and oxygen atoms in total. The summed E-state index contributed by atoms with van der Waals surface area (Å²) in [5, 5.41) is 5.03. The van der Waals surface area contributed by atoms with Crippen LogP contribution in [-0.4, -0.2) is 31.7 Å². The maximum atomic E-state index is 11.9. The predicted molar refractivity (Wildman–Crippen MR) is 69.4 cm³/mol. The van der Waals surface area contributed by atoms with Gasteiger partial charge in [0.15, 0.2) is 0 Å². The number of thioether (sulfide) groups is 1. The maximum Gasteiger partial charge on any atom is 0.252 e. The molecule has 1 aromatic carbocycles. The van der Waals surface area contributed by atoms with Gasteiger partial charge >= 0.3 is 0 Å². The number of rotatable bonds is 4. The number of carbonyl (C=O) groups excluding carboxylic acids is 2. The molecule has 0 aliphatic heterocycles. The van der Waals surface area contributed by atoms with E-state index in [0.717, 1.165) is 10.5 Å². The summed E-state index contributed by atoms with van der Waals surface area (Å²) >= 11 is 1.58. The normalized spacial score (nSPS) is 9.82. The summed E-state index contributed by atoms with van der Waals surface area (Å²) in [5.74, 6) is -0.431. The van der Waals surface area contributed by atoms with Crippen molar-refractivity contribution in [2.45, 2.75) is 11.8 Å². The lowest BCUT2D eigenvalue weighted by molar-refractivity contribution is -0.119.